The highest BCUT2D eigenvalue weighted by Gasteiger charge is 2.40. The standard InChI is InChI=1S/C18H26F2N2O2/c1-5-22-17(24)15(18(2,3)4)14(16(21)23)7-6-11-8-12(19)10-13(20)9-11/h8-10,14-15H,5-7H2,1-4H3,(H2,21,23)(H,22,24)/t14-,15?/m0/s1. The fraction of sp³-hybridized carbons (Fsp3) is 0.556. The summed E-state index contributed by atoms with van der Waals surface area (Å²) in [6.45, 7) is 7.85. The van der Waals surface area contributed by atoms with Crippen LogP contribution in [0.1, 0.15) is 39.7 Å². The molecule has 1 aromatic carbocycles. The largest absolute Gasteiger partial charge is 0.369 e. The zero-order chi connectivity index (χ0) is 18.5. The molecular formula is C18H26F2N2O2. The molecule has 0 aliphatic heterocycles. The van der Waals surface area contributed by atoms with Gasteiger partial charge in [-0.3, -0.25) is 9.59 Å². The monoisotopic (exact) mass is 340 g/mol. The van der Waals surface area contributed by atoms with Gasteiger partial charge in [0.25, 0.3) is 0 Å². The van der Waals surface area contributed by atoms with Crippen LogP contribution in [-0.2, 0) is 16.0 Å². The minimum absolute atomic E-state index is 0.237. The van der Waals surface area contributed by atoms with Crippen LogP contribution < -0.4 is 11.1 Å². The Hall–Kier alpha value is -1.98. The van der Waals surface area contributed by atoms with Crippen LogP contribution in [0.3, 0.4) is 0 Å². The molecule has 1 unspecified atom stereocenters. The van der Waals surface area contributed by atoms with Crippen LogP contribution in [-0.4, -0.2) is 18.4 Å². The number of hydrogen-bond acceptors (Lipinski definition) is 2. The smallest absolute Gasteiger partial charge is 0.224 e. The van der Waals surface area contributed by atoms with E-state index in [0.29, 0.717) is 12.1 Å². The Kier molecular flexibility index (Phi) is 6.87. The molecule has 0 heterocycles. The number of hydrogen-bond donors (Lipinski definition) is 2. The van der Waals surface area contributed by atoms with Crippen LogP contribution in [0.5, 0.6) is 0 Å². The van der Waals surface area contributed by atoms with Gasteiger partial charge >= 0.3 is 0 Å². The topological polar surface area (TPSA) is 72.2 Å². The Morgan fingerprint density at radius 3 is 2.12 bits per heavy atom. The first-order valence-electron chi connectivity index (χ1n) is 8.08. The molecule has 134 valence electrons. The molecule has 4 nitrogen and oxygen atoms in total. The second kappa shape index (κ2) is 8.22. The molecule has 1 rings (SSSR count). The number of nitrogens with two attached hydrogens (primary N) is 1. The second-order valence-corrected chi connectivity index (χ2v) is 7.06. The summed E-state index contributed by atoms with van der Waals surface area (Å²) in [5.41, 5.74) is 5.48. The third-order valence-corrected chi connectivity index (χ3v) is 4.00. The fourth-order valence-corrected chi connectivity index (χ4v) is 3.01. The van der Waals surface area contributed by atoms with Crippen molar-refractivity contribution in [2.75, 3.05) is 6.54 Å². The molecule has 0 aromatic heterocycles. The van der Waals surface area contributed by atoms with Gasteiger partial charge in [0.1, 0.15) is 11.6 Å². The highest BCUT2D eigenvalue weighted by Crippen LogP contribution is 2.35. The first-order valence-corrected chi connectivity index (χ1v) is 8.08. The number of amides is 2. The lowest BCUT2D eigenvalue weighted by atomic mass is 9.70. The summed E-state index contributed by atoms with van der Waals surface area (Å²) in [4.78, 5) is 24.4. The number of carbonyl (C=O) groups excluding carboxylic acids is 2. The highest BCUT2D eigenvalue weighted by molar-refractivity contribution is 5.87. The van der Waals surface area contributed by atoms with E-state index in [-0.39, 0.29) is 18.7 Å². The molecule has 0 spiro atoms. The van der Waals surface area contributed by atoms with Crippen molar-refractivity contribution in [2.24, 2.45) is 23.0 Å². The van der Waals surface area contributed by atoms with Crippen molar-refractivity contribution >= 4 is 11.8 Å². The third kappa shape index (κ3) is 5.58. The summed E-state index contributed by atoms with van der Waals surface area (Å²) < 4.78 is 26.6. The number of halogens is 2. The zero-order valence-corrected chi connectivity index (χ0v) is 14.7. The van der Waals surface area contributed by atoms with Gasteiger partial charge in [-0.2, -0.15) is 0 Å². The van der Waals surface area contributed by atoms with Gasteiger partial charge in [0.15, 0.2) is 0 Å². The van der Waals surface area contributed by atoms with E-state index in [1.165, 1.54) is 12.1 Å². The van der Waals surface area contributed by atoms with E-state index in [9.17, 15) is 18.4 Å². The van der Waals surface area contributed by atoms with Crippen LogP contribution in [0, 0.1) is 28.9 Å². The molecule has 0 radical (unpaired) electrons. The molecule has 2 atom stereocenters. The zero-order valence-electron chi connectivity index (χ0n) is 14.7. The molecule has 0 bridgehead atoms. The summed E-state index contributed by atoms with van der Waals surface area (Å²) in [5, 5.41) is 2.74. The number of rotatable bonds is 7. The lowest BCUT2D eigenvalue weighted by Crippen LogP contribution is -2.46. The average Bonchev–Trinajstić information content (AvgIpc) is 2.40. The lowest BCUT2D eigenvalue weighted by Gasteiger charge is -2.34. The van der Waals surface area contributed by atoms with E-state index in [1.54, 1.807) is 6.92 Å². The number of carbonyl (C=O) groups is 2. The lowest BCUT2D eigenvalue weighted by molar-refractivity contribution is -0.137. The van der Waals surface area contributed by atoms with Crippen LogP contribution in [0.4, 0.5) is 8.78 Å². The molecule has 0 fully saturated rings. The number of aryl methyl sites for hydroxylation is 1. The van der Waals surface area contributed by atoms with Gasteiger partial charge in [0.05, 0.1) is 11.8 Å². The van der Waals surface area contributed by atoms with Gasteiger partial charge in [-0.25, -0.2) is 8.78 Å². The fourth-order valence-electron chi connectivity index (χ4n) is 3.01. The molecule has 2 amide bonds. The Bertz CT molecular complexity index is 577. The first-order chi connectivity index (χ1) is 11.1. The van der Waals surface area contributed by atoms with Crippen LogP contribution >= 0.6 is 0 Å². The highest BCUT2D eigenvalue weighted by atomic mass is 19.1. The SMILES string of the molecule is CCNC(=O)C([C@H](CCc1cc(F)cc(F)c1)C(N)=O)C(C)(C)C. The number of benzene rings is 1. The van der Waals surface area contributed by atoms with Crippen molar-refractivity contribution in [3.63, 3.8) is 0 Å². The van der Waals surface area contributed by atoms with Gasteiger partial charge in [0.2, 0.25) is 11.8 Å². The normalized spacial score (nSPS) is 14.1. The maximum atomic E-state index is 13.3. The molecule has 3 N–H and O–H groups in total. The molecule has 0 aliphatic rings. The van der Waals surface area contributed by atoms with Crippen molar-refractivity contribution in [3.05, 3.63) is 35.4 Å². The van der Waals surface area contributed by atoms with Crippen molar-refractivity contribution in [1.29, 1.82) is 0 Å². The van der Waals surface area contributed by atoms with Crippen molar-refractivity contribution in [3.8, 4) is 0 Å². The van der Waals surface area contributed by atoms with Gasteiger partial charge < -0.3 is 11.1 Å². The van der Waals surface area contributed by atoms with E-state index in [2.05, 4.69) is 5.32 Å². The van der Waals surface area contributed by atoms with Gasteiger partial charge in [0, 0.05) is 12.6 Å². The Morgan fingerprint density at radius 1 is 1.17 bits per heavy atom. The van der Waals surface area contributed by atoms with Crippen molar-refractivity contribution in [1.82, 2.24) is 5.32 Å². The molecule has 1 aromatic rings. The number of nitrogens with one attached hydrogen (secondary N) is 1. The van der Waals surface area contributed by atoms with E-state index in [1.807, 2.05) is 20.8 Å². The first kappa shape index (κ1) is 20.1. The summed E-state index contributed by atoms with van der Waals surface area (Å²) in [6.07, 6.45) is 0.506. The molecule has 0 aliphatic carbocycles. The Morgan fingerprint density at radius 2 is 1.71 bits per heavy atom. The van der Waals surface area contributed by atoms with E-state index in [4.69, 9.17) is 5.73 Å². The predicted molar refractivity (Wildman–Crippen MR) is 89.0 cm³/mol. The van der Waals surface area contributed by atoms with Crippen LogP contribution in [0.25, 0.3) is 0 Å². The second-order valence-electron chi connectivity index (χ2n) is 7.06. The van der Waals surface area contributed by atoms with E-state index in [0.717, 1.165) is 6.07 Å². The van der Waals surface area contributed by atoms with Gasteiger partial charge in [-0.15, -0.1) is 0 Å². The van der Waals surface area contributed by atoms with Gasteiger partial charge in [-0.1, -0.05) is 20.8 Å². The molecule has 0 saturated heterocycles. The Balaban J connectivity index is 3.02. The summed E-state index contributed by atoms with van der Waals surface area (Å²) in [5.74, 6) is -3.50. The maximum Gasteiger partial charge on any atom is 0.224 e. The Labute approximate surface area is 141 Å². The predicted octanol–water partition coefficient (Wildman–Crippen LogP) is 2.80. The molecule has 0 saturated carbocycles. The minimum Gasteiger partial charge on any atom is -0.369 e. The third-order valence-electron chi connectivity index (χ3n) is 4.00. The van der Waals surface area contributed by atoms with Crippen LogP contribution in [0.2, 0.25) is 0 Å². The van der Waals surface area contributed by atoms with Crippen LogP contribution in [0.15, 0.2) is 18.2 Å². The molecule has 6 heteroatoms. The molecule has 24 heavy (non-hydrogen) atoms. The van der Waals surface area contributed by atoms with Crippen molar-refractivity contribution in [2.45, 2.75) is 40.5 Å². The van der Waals surface area contributed by atoms with E-state index < -0.39 is 34.8 Å². The van der Waals surface area contributed by atoms with Gasteiger partial charge in [-0.05, 0) is 42.9 Å². The minimum atomic E-state index is -0.720. The van der Waals surface area contributed by atoms with Crippen molar-refractivity contribution < 1.29 is 18.4 Å². The average molecular weight is 340 g/mol. The quantitative estimate of drug-likeness (QED) is 0.801. The molecular weight excluding hydrogens is 314 g/mol. The maximum absolute atomic E-state index is 13.3. The summed E-state index contributed by atoms with van der Waals surface area (Å²) in [7, 11) is 0. The summed E-state index contributed by atoms with van der Waals surface area (Å²) >= 11 is 0. The number of primary amides is 1. The summed E-state index contributed by atoms with van der Waals surface area (Å²) in [6, 6.07) is 3.24. The van der Waals surface area contributed by atoms with E-state index >= 15 is 0 Å².